The Kier molecular flexibility index (Phi) is 4.29. The Morgan fingerprint density at radius 3 is 2.45 bits per heavy atom. The summed E-state index contributed by atoms with van der Waals surface area (Å²) in [4.78, 5) is 0. The normalized spacial score (nSPS) is 19.4. The molecule has 1 atom stereocenters. The van der Waals surface area contributed by atoms with Crippen molar-refractivity contribution in [3.63, 3.8) is 0 Å². The van der Waals surface area contributed by atoms with E-state index in [4.69, 9.17) is 0 Å². The van der Waals surface area contributed by atoms with E-state index in [1.165, 1.54) is 18.2 Å². The topological polar surface area (TPSA) is 49.4 Å². The van der Waals surface area contributed by atoms with E-state index in [1.54, 1.807) is 4.31 Å². The van der Waals surface area contributed by atoms with E-state index >= 15 is 0 Å². The summed E-state index contributed by atoms with van der Waals surface area (Å²) in [5.41, 5.74) is 3.60. The molecule has 0 radical (unpaired) electrons. The lowest BCUT2D eigenvalue weighted by Gasteiger charge is -2.24. The fourth-order valence-corrected chi connectivity index (χ4v) is 3.99. The van der Waals surface area contributed by atoms with Crippen LogP contribution < -0.4 is 4.72 Å². The zero-order chi connectivity index (χ0) is 15.6. The smallest absolute Gasteiger partial charge is 0.205 e. The molecule has 0 saturated carbocycles. The van der Waals surface area contributed by atoms with Crippen molar-refractivity contribution in [3.05, 3.63) is 71.3 Å². The molecular weight excluding hydrogens is 296 g/mol. The average molecular weight is 316 g/mol. The molecule has 4 nitrogen and oxygen atoms in total. The second kappa shape index (κ2) is 6.20. The summed E-state index contributed by atoms with van der Waals surface area (Å²) in [6, 6.07) is 18.4. The molecule has 0 spiro atoms. The molecule has 0 aromatic heterocycles. The molecule has 2 aromatic rings. The van der Waals surface area contributed by atoms with E-state index in [-0.39, 0.29) is 5.92 Å². The second-order valence-corrected chi connectivity index (χ2v) is 7.35. The van der Waals surface area contributed by atoms with Gasteiger partial charge in [0.05, 0.1) is 0 Å². The van der Waals surface area contributed by atoms with Crippen molar-refractivity contribution >= 4 is 10.2 Å². The van der Waals surface area contributed by atoms with Crippen molar-refractivity contribution in [2.75, 3.05) is 20.1 Å². The van der Waals surface area contributed by atoms with Crippen LogP contribution in [0.4, 0.5) is 0 Å². The predicted octanol–water partition coefficient (Wildman–Crippen LogP) is 2.14. The van der Waals surface area contributed by atoms with Crippen LogP contribution in [-0.2, 0) is 16.6 Å². The van der Waals surface area contributed by atoms with E-state index in [0.29, 0.717) is 13.1 Å². The number of hydrogen-bond acceptors (Lipinski definition) is 2. The average Bonchev–Trinajstić information content (AvgIpc) is 2.76. The lowest BCUT2D eigenvalue weighted by Crippen LogP contribution is -2.41. The number of nitrogens with one attached hydrogen (secondary N) is 1. The van der Waals surface area contributed by atoms with Gasteiger partial charge in [-0.1, -0.05) is 54.6 Å². The first-order valence-corrected chi connectivity index (χ1v) is 8.87. The maximum absolute atomic E-state index is 12.2. The molecule has 1 aliphatic heterocycles. The highest BCUT2D eigenvalue weighted by Gasteiger charge is 2.29. The van der Waals surface area contributed by atoms with Crippen LogP contribution in [0.3, 0.4) is 0 Å². The summed E-state index contributed by atoms with van der Waals surface area (Å²) in [6.07, 6.45) is 0.737. The Balaban J connectivity index is 2.06. The quantitative estimate of drug-likeness (QED) is 0.943. The second-order valence-electron chi connectivity index (χ2n) is 5.48. The monoisotopic (exact) mass is 316 g/mol. The molecule has 5 heteroatoms. The predicted molar refractivity (Wildman–Crippen MR) is 88.0 cm³/mol. The van der Waals surface area contributed by atoms with Crippen molar-refractivity contribution in [2.24, 2.45) is 0 Å². The van der Waals surface area contributed by atoms with Crippen LogP contribution in [0, 0.1) is 0 Å². The molecule has 1 unspecified atom stereocenters. The van der Waals surface area contributed by atoms with Gasteiger partial charge in [-0.05, 0) is 23.1 Å². The molecule has 0 bridgehead atoms. The van der Waals surface area contributed by atoms with Crippen molar-refractivity contribution in [2.45, 2.75) is 12.3 Å². The van der Waals surface area contributed by atoms with Gasteiger partial charge in [-0.25, -0.2) is 4.72 Å². The van der Waals surface area contributed by atoms with Gasteiger partial charge >= 0.3 is 0 Å². The van der Waals surface area contributed by atoms with E-state index in [2.05, 4.69) is 29.0 Å². The van der Waals surface area contributed by atoms with Crippen molar-refractivity contribution in [1.82, 2.24) is 9.03 Å². The van der Waals surface area contributed by atoms with Gasteiger partial charge in [0.25, 0.3) is 10.2 Å². The van der Waals surface area contributed by atoms with Gasteiger partial charge in [-0.2, -0.15) is 12.7 Å². The van der Waals surface area contributed by atoms with Crippen molar-refractivity contribution in [1.29, 1.82) is 0 Å². The molecule has 0 aliphatic carbocycles. The van der Waals surface area contributed by atoms with E-state index in [1.807, 2.05) is 30.3 Å². The van der Waals surface area contributed by atoms with Crippen LogP contribution in [-0.4, -0.2) is 32.9 Å². The molecular formula is C17H20N2O2S. The molecule has 22 heavy (non-hydrogen) atoms. The molecule has 0 fully saturated rings. The van der Waals surface area contributed by atoms with Crippen LogP contribution >= 0.6 is 0 Å². The first-order valence-electron chi connectivity index (χ1n) is 7.43. The summed E-state index contributed by atoms with van der Waals surface area (Å²) < 4.78 is 28.5. The first kappa shape index (κ1) is 15.2. The highest BCUT2D eigenvalue weighted by Crippen LogP contribution is 2.31. The van der Waals surface area contributed by atoms with Crippen molar-refractivity contribution < 1.29 is 8.42 Å². The SMILES string of the molecule is CNS(=O)(=O)N1CCc2ccccc2C(c2ccccc2)C1. The van der Waals surface area contributed by atoms with Crippen LogP contribution in [0.15, 0.2) is 54.6 Å². The van der Waals surface area contributed by atoms with Gasteiger partial charge in [-0.15, -0.1) is 0 Å². The number of fused-ring (bicyclic) bond motifs is 1. The van der Waals surface area contributed by atoms with Gasteiger partial charge < -0.3 is 0 Å². The maximum Gasteiger partial charge on any atom is 0.279 e. The van der Waals surface area contributed by atoms with Gasteiger partial charge in [0.15, 0.2) is 0 Å². The number of nitrogens with zero attached hydrogens (tertiary/aromatic N) is 1. The minimum Gasteiger partial charge on any atom is -0.205 e. The summed E-state index contributed by atoms with van der Waals surface area (Å²) in [7, 11) is -1.96. The Labute approximate surface area is 132 Å². The third-order valence-electron chi connectivity index (χ3n) is 4.25. The van der Waals surface area contributed by atoms with E-state index in [0.717, 1.165) is 12.0 Å². The molecule has 2 aromatic carbocycles. The van der Waals surface area contributed by atoms with Gasteiger partial charge in [-0.3, -0.25) is 0 Å². The summed E-state index contributed by atoms with van der Waals surface area (Å²) >= 11 is 0. The summed E-state index contributed by atoms with van der Waals surface area (Å²) in [5, 5.41) is 0. The van der Waals surface area contributed by atoms with Crippen LogP contribution in [0.5, 0.6) is 0 Å². The summed E-state index contributed by atoms with van der Waals surface area (Å²) in [5.74, 6) is 0.0584. The molecule has 116 valence electrons. The molecule has 0 saturated heterocycles. The van der Waals surface area contributed by atoms with E-state index < -0.39 is 10.2 Å². The number of rotatable bonds is 3. The van der Waals surface area contributed by atoms with E-state index in [9.17, 15) is 8.42 Å². The molecule has 1 N–H and O–H groups in total. The van der Waals surface area contributed by atoms with Gasteiger partial charge in [0.1, 0.15) is 0 Å². The largest absolute Gasteiger partial charge is 0.279 e. The van der Waals surface area contributed by atoms with Crippen LogP contribution in [0.2, 0.25) is 0 Å². The maximum atomic E-state index is 12.2. The van der Waals surface area contributed by atoms with Crippen molar-refractivity contribution in [3.8, 4) is 0 Å². The summed E-state index contributed by atoms with van der Waals surface area (Å²) in [6.45, 7) is 0.966. The lowest BCUT2D eigenvalue weighted by atomic mass is 9.88. The molecule has 1 heterocycles. The Morgan fingerprint density at radius 2 is 1.73 bits per heavy atom. The highest BCUT2D eigenvalue weighted by atomic mass is 32.2. The zero-order valence-electron chi connectivity index (χ0n) is 12.6. The van der Waals surface area contributed by atoms with Crippen LogP contribution in [0.1, 0.15) is 22.6 Å². The van der Waals surface area contributed by atoms with Crippen LogP contribution in [0.25, 0.3) is 0 Å². The molecule has 0 amide bonds. The Hall–Kier alpha value is -1.69. The number of benzene rings is 2. The fourth-order valence-electron chi connectivity index (χ4n) is 3.06. The third-order valence-corrected chi connectivity index (χ3v) is 5.77. The minimum atomic E-state index is -3.42. The zero-order valence-corrected chi connectivity index (χ0v) is 13.4. The minimum absolute atomic E-state index is 0.0584. The lowest BCUT2D eigenvalue weighted by molar-refractivity contribution is 0.407. The van der Waals surface area contributed by atoms with Gasteiger partial charge in [0, 0.05) is 26.1 Å². The fraction of sp³-hybridized carbons (Fsp3) is 0.294. The first-order chi connectivity index (χ1) is 10.6. The highest BCUT2D eigenvalue weighted by molar-refractivity contribution is 7.87. The Morgan fingerprint density at radius 1 is 1.05 bits per heavy atom. The standard InChI is InChI=1S/C17H20N2O2S/c1-18-22(20,21)19-12-11-15-9-5-6-10-16(15)17(13-19)14-7-3-2-4-8-14/h2-10,17-18H,11-13H2,1H3. The molecule has 1 aliphatic rings. The molecule has 3 rings (SSSR count). The Bertz CT molecular complexity index is 744. The third kappa shape index (κ3) is 2.92. The van der Waals surface area contributed by atoms with Gasteiger partial charge in [0.2, 0.25) is 0 Å². The number of hydrogen-bond donors (Lipinski definition) is 1.